The maximum atomic E-state index is 10.4. The van der Waals surface area contributed by atoms with E-state index < -0.39 is 5.97 Å². The van der Waals surface area contributed by atoms with Gasteiger partial charge in [-0.25, -0.2) is 0 Å². The van der Waals surface area contributed by atoms with Crippen LogP contribution in [0.5, 0.6) is 0 Å². The maximum absolute atomic E-state index is 10.4. The first-order valence-electron chi connectivity index (χ1n) is 7.43. The summed E-state index contributed by atoms with van der Waals surface area (Å²) in [4.78, 5) is 20.4. The number of nitrogens with one attached hydrogen (secondary N) is 1. The molecule has 1 saturated carbocycles. The number of hydrogen-bond acceptors (Lipinski definition) is 3. The van der Waals surface area contributed by atoms with E-state index in [1.165, 1.54) is 19.3 Å². The van der Waals surface area contributed by atoms with Crippen LogP contribution in [0, 0.1) is 11.8 Å². The number of carboxylic acids is 1. The van der Waals surface area contributed by atoms with Gasteiger partial charge in [-0.1, -0.05) is 32.6 Å². The molecule has 2 atom stereocenters. The lowest BCUT2D eigenvalue weighted by atomic mass is 9.81. The van der Waals surface area contributed by atoms with E-state index in [4.69, 9.17) is 5.11 Å². The van der Waals surface area contributed by atoms with Crippen LogP contribution in [0.1, 0.15) is 58.3 Å². The van der Waals surface area contributed by atoms with E-state index in [0.29, 0.717) is 18.3 Å². The number of hydrogen-bond donors (Lipinski definition) is 2. The van der Waals surface area contributed by atoms with Crippen molar-refractivity contribution in [3.63, 3.8) is 0 Å². The van der Waals surface area contributed by atoms with Gasteiger partial charge in [0, 0.05) is 12.3 Å². The summed E-state index contributed by atoms with van der Waals surface area (Å²) >= 11 is 0. The van der Waals surface area contributed by atoms with E-state index in [1.807, 2.05) is 7.05 Å². The van der Waals surface area contributed by atoms with Crippen molar-refractivity contribution in [3.8, 4) is 0 Å². The minimum atomic E-state index is -0.690. The molecule has 2 N–H and O–H groups in total. The van der Waals surface area contributed by atoms with Gasteiger partial charge in [-0.2, -0.15) is 0 Å². The Morgan fingerprint density at radius 2 is 1.95 bits per heavy atom. The van der Waals surface area contributed by atoms with Gasteiger partial charge in [0.2, 0.25) is 0 Å². The Labute approximate surface area is 117 Å². The zero-order valence-electron chi connectivity index (χ0n) is 12.4. The Hall–Kier alpha value is -0.900. The minimum Gasteiger partial charge on any atom is -0.481 e. The van der Waals surface area contributed by atoms with Crippen molar-refractivity contribution in [1.82, 2.24) is 5.32 Å². The Morgan fingerprint density at radius 3 is 2.42 bits per heavy atom. The highest BCUT2D eigenvalue weighted by molar-refractivity contribution is 5.66. The normalized spacial score (nSPS) is 22.2. The molecule has 1 rings (SSSR count). The highest BCUT2D eigenvalue weighted by atomic mass is 16.4. The first kappa shape index (κ1) is 18.1. The highest BCUT2D eigenvalue weighted by Crippen LogP contribution is 2.27. The Morgan fingerprint density at radius 1 is 1.26 bits per heavy atom. The molecule has 19 heavy (non-hydrogen) atoms. The lowest BCUT2D eigenvalue weighted by molar-refractivity contribution is -0.137. The molecule has 0 radical (unpaired) electrons. The van der Waals surface area contributed by atoms with Crippen LogP contribution in [-0.2, 0) is 9.59 Å². The van der Waals surface area contributed by atoms with Crippen LogP contribution in [0.2, 0.25) is 0 Å². The summed E-state index contributed by atoms with van der Waals surface area (Å²) in [5, 5.41) is 11.3. The van der Waals surface area contributed by atoms with Crippen LogP contribution in [0.15, 0.2) is 0 Å². The first-order valence-corrected chi connectivity index (χ1v) is 7.43. The summed E-state index contributed by atoms with van der Waals surface area (Å²) in [6.07, 6.45) is 9.29. The van der Waals surface area contributed by atoms with Crippen molar-refractivity contribution < 1.29 is 14.7 Å². The molecule has 4 nitrogen and oxygen atoms in total. The van der Waals surface area contributed by atoms with Crippen molar-refractivity contribution in [2.75, 3.05) is 13.6 Å². The van der Waals surface area contributed by atoms with Crippen LogP contribution >= 0.6 is 0 Å². The maximum Gasteiger partial charge on any atom is 0.303 e. The summed E-state index contributed by atoms with van der Waals surface area (Å²) < 4.78 is 0. The zero-order chi connectivity index (χ0) is 14.5. The van der Waals surface area contributed by atoms with Gasteiger partial charge in [-0.05, 0) is 38.8 Å². The van der Waals surface area contributed by atoms with Crippen LogP contribution in [0.4, 0.5) is 0 Å². The summed E-state index contributed by atoms with van der Waals surface area (Å²) in [5.41, 5.74) is 0. The summed E-state index contributed by atoms with van der Waals surface area (Å²) in [7, 11) is 1.90. The second-order valence-corrected chi connectivity index (χ2v) is 5.37. The molecule has 2 unspecified atom stereocenters. The van der Waals surface area contributed by atoms with Crippen molar-refractivity contribution in [3.05, 3.63) is 0 Å². The molecule has 0 bridgehead atoms. The van der Waals surface area contributed by atoms with E-state index in [-0.39, 0.29) is 0 Å². The molecule has 112 valence electrons. The second-order valence-electron chi connectivity index (χ2n) is 5.37. The number of rotatable bonds is 7. The molecule has 0 heterocycles. The van der Waals surface area contributed by atoms with E-state index in [0.717, 1.165) is 38.5 Å². The molecular weight excluding hydrogens is 242 g/mol. The van der Waals surface area contributed by atoms with Crippen LogP contribution < -0.4 is 5.32 Å². The predicted octanol–water partition coefficient (Wildman–Crippen LogP) is 2.86. The third kappa shape index (κ3) is 10.7. The second kappa shape index (κ2) is 12.2. The third-order valence-corrected chi connectivity index (χ3v) is 3.67. The molecule has 1 aliphatic carbocycles. The average molecular weight is 271 g/mol. The quantitative estimate of drug-likeness (QED) is 0.552. The Kier molecular flexibility index (Phi) is 11.6. The third-order valence-electron chi connectivity index (χ3n) is 3.67. The first-order chi connectivity index (χ1) is 9.11. The molecule has 0 aromatic carbocycles. The van der Waals surface area contributed by atoms with E-state index in [9.17, 15) is 9.59 Å². The fraction of sp³-hybridized carbons (Fsp3) is 0.867. The van der Waals surface area contributed by atoms with E-state index in [1.54, 1.807) is 0 Å². The molecule has 0 aromatic heterocycles. The number of aldehydes is 1. The molecule has 0 aromatic rings. The minimum absolute atomic E-state index is 0.309. The van der Waals surface area contributed by atoms with Gasteiger partial charge in [-0.15, -0.1) is 0 Å². The van der Waals surface area contributed by atoms with Gasteiger partial charge >= 0.3 is 5.97 Å². The molecule has 0 amide bonds. The summed E-state index contributed by atoms with van der Waals surface area (Å²) in [6.45, 7) is 3.16. The van der Waals surface area contributed by atoms with E-state index in [2.05, 4.69) is 12.2 Å². The van der Waals surface area contributed by atoms with Gasteiger partial charge in [0.05, 0.1) is 0 Å². The van der Waals surface area contributed by atoms with Crippen molar-refractivity contribution >= 4 is 12.3 Å². The van der Waals surface area contributed by atoms with Crippen LogP contribution in [0.25, 0.3) is 0 Å². The number of unbranched alkanes of at least 4 members (excludes halogenated alkanes) is 2. The number of carboxylic acid groups (broad SMARTS) is 1. The monoisotopic (exact) mass is 271 g/mol. The topological polar surface area (TPSA) is 66.4 Å². The molecule has 1 aliphatic rings. The van der Waals surface area contributed by atoms with Gasteiger partial charge in [0.25, 0.3) is 0 Å². The molecule has 1 fully saturated rings. The van der Waals surface area contributed by atoms with Crippen molar-refractivity contribution in [2.45, 2.75) is 58.3 Å². The molecule has 0 saturated heterocycles. The van der Waals surface area contributed by atoms with Gasteiger partial charge in [0.1, 0.15) is 6.29 Å². The van der Waals surface area contributed by atoms with Crippen molar-refractivity contribution in [1.29, 1.82) is 0 Å². The average Bonchev–Trinajstić information content (AvgIpc) is 2.39. The van der Waals surface area contributed by atoms with Crippen LogP contribution in [-0.4, -0.2) is 31.0 Å². The standard InChI is InChI=1S/C8H14O.C7H15NO2/c1-7-4-2-3-5-8(7)6-9;1-8-6-4-2-3-5-7(9)10/h6-8H,2-5H2,1H3;8H,2-6H2,1H3,(H,9,10). The molecule has 4 heteroatoms. The Bertz CT molecular complexity index is 244. The molecular formula is C15H29NO3. The Balaban J connectivity index is 0.000000342. The fourth-order valence-electron chi connectivity index (χ4n) is 2.30. The largest absolute Gasteiger partial charge is 0.481 e. The fourth-order valence-corrected chi connectivity index (χ4v) is 2.30. The SMILES string of the molecule is CC1CCCCC1C=O.CNCCCCCC(=O)O. The lowest BCUT2D eigenvalue weighted by Crippen LogP contribution is -2.17. The lowest BCUT2D eigenvalue weighted by Gasteiger charge is -2.23. The van der Waals surface area contributed by atoms with Crippen molar-refractivity contribution in [2.24, 2.45) is 11.8 Å². The highest BCUT2D eigenvalue weighted by Gasteiger charge is 2.19. The number of aliphatic carboxylic acids is 1. The predicted molar refractivity (Wildman–Crippen MR) is 77.2 cm³/mol. The summed E-state index contributed by atoms with van der Waals surface area (Å²) in [5.74, 6) is 0.333. The zero-order valence-corrected chi connectivity index (χ0v) is 12.4. The molecule has 0 spiro atoms. The van der Waals surface area contributed by atoms with Gasteiger partial charge in [-0.3, -0.25) is 4.79 Å². The van der Waals surface area contributed by atoms with Gasteiger partial charge in [0.15, 0.2) is 0 Å². The van der Waals surface area contributed by atoms with Gasteiger partial charge < -0.3 is 15.2 Å². The number of carbonyl (C=O) groups excluding carboxylic acids is 1. The number of carbonyl (C=O) groups is 2. The van der Waals surface area contributed by atoms with E-state index >= 15 is 0 Å². The smallest absolute Gasteiger partial charge is 0.303 e. The summed E-state index contributed by atoms with van der Waals surface area (Å²) in [6, 6.07) is 0. The molecule has 0 aliphatic heterocycles. The van der Waals surface area contributed by atoms with Crippen LogP contribution in [0.3, 0.4) is 0 Å².